The molecule has 0 fully saturated rings. The topological polar surface area (TPSA) is 13.1 Å². The summed E-state index contributed by atoms with van der Waals surface area (Å²) in [5.41, 5.74) is 11.3. The first-order valence-electron chi connectivity index (χ1n) is 19.1. The molecule has 1 atom stereocenters. The summed E-state index contributed by atoms with van der Waals surface area (Å²) in [6.07, 6.45) is 12.5. The van der Waals surface area contributed by atoms with Crippen molar-refractivity contribution >= 4 is 93.0 Å². The number of benzene rings is 8. The first-order valence-corrected chi connectivity index (χ1v) is 19.9. The fraction of sp³-hybridized carbons (Fsp3) is 0.0769. The van der Waals surface area contributed by atoms with E-state index in [-0.39, 0.29) is 5.92 Å². The fourth-order valence-electron chi connectivity index (χ4n) is 9.60. The van der Waals surface area contributed by atoms with E-state index in [1.165, 1.54) is 102 Å². The third kappa shape index (κ3) is 4.38. The van der Waals surface area contributed by atoms with Crippen LogP contribution in [0.5, 0.6) is 0 Å². The molecule has 0 bridgehead atoms. The zero-order valence-electron chi connectivity index (χ0n) is 29.6. The Labute approximate surface area is 316 Å². The Morgan fingerprint density at radius 1 is 0.574 bits per heavy atom. The van der Waals surface area contributed by atoms with Crippen LogP contribution < -0.4 is 10.6 Å². The number of furan rings is 1. The van der Waals surface area contributed by atoms with Crippen LogP contribution in [0.25, 0.3) is 104 Å². The Hall–Kier alpha value is -6.22. The van der Waals surface area contributed by atoms with E-state index in [1.54, 1.807) is 0 Å². The molecule has 2 aliphatic rings. The predicted octanol–water partition coefficient (Wildman–Crippen LogP) is 13.3. The molecule has 0 saturated heterocycles. The largest absolute Gasteiger partial charge is 0.455 e. The first-order chi connectivity index (χ1) is 26.8. The van der Waals surface area contributed by atoms with Crippen LogP contribution >= 0.6 is 11.3 Å². The summed E-state index contributed by atoms with van der Waals surface area (Å²) in [5.74, 6) is 0.233. The lowest BCUT2D eigenvalue weighted by molar-refractivity contribution is 0.573. The van der Waals surface area contributed by atoms with Crippen LogP contribution in [0.15, 0.2) is 150 Å². The summed E-state index contributed by atoms with van der Waals surface area (Å²) >= 11 is 1.85. The molecule has 0 saturated carbocycles. The van der Waals surface area contributed by atoms with Gasteiger partial charge in [0.05, 0.1) is 4.70 Å². The van der Waals surface area contributed by atoms with Gasteiger partial charge in [0.15, 0.2) is 5.58 Å². The molecular weight excluding hydrogens is 673 g/mol. The lowest BCUT2D eigenvalue weighted by Crippen LogP contribution is -2.25. The van der Waals surface area contributed by atoms with Crippen LogP contribution in [-0.2, 0) is 6.42 Å². The number of aryl methyl sites for hydroxylation is 1. The van der Waals surface area contributed by atoms with Crippen molar-refractivity contribution < 1.29 is 4.42 Å². The SMILES string of the molecule is C1=Cc2ccc(-c3c4ccccc4c(-c4cccc(C5C=c6c(oc7c8sc9ccccc9c8c8ccccc8c67)=CC5)c4)c4ccccc34)cc2CC1. The molecule has 2 heteroatoms. The van der Waals surface area contributed by atoms with Crippen molar-refractivity contribution in [3.8, 4) is 22.3 Å². The van der Waals surface area contributed by atoms with E-state index in [0.717, 1.165) is 30.3 Å². The quantitative estimate of drug-likeness (QED) is 0.167. The maximum atomic E-state index is 6.81. The normalized spacial score (nSPS) is 15.2. The summed E-state index contributed by atoms with van der Waals surface area (Å²) in [7, 11) is 0. The van der Waals surface area contributed by atoms with Crippen LogP contribution in [0.1, 0.15) is 35.4 Å². The first kappa shape index (κ1) is 30.3. The van der Waals surface area contributed by atoms with Crippen molar-refractivity contribution in [3.63, 3.8) is 0 Å². The minimum absolute atomic E-state index is 0.233. The van der Waals surface area contributed by atoms with Gasteiger partial charge >= 0.3 is 0 Å². The number of hydrogen-bond donors (Lipinski definition) is 0. The lowest BCUT2D eigenvalue weighted by Gasteiger charge is -2.20. The average Bonchev–Trinajstić information content (AvgIpc) is 3.82. The van der Waals surface area contributed by atoms with Gasteiger partial charge in [0.25, 0.3) is 0 Å². The number of fused-ring (bicyclic) bond motifs is 13. The van der Waals surface area contributed by atoms with Crippen LogP contribution in [0.2, 0.25) is 0 Å². The highest BCUT2D eigenvalue weighted by molar-refractivity contribution is 7.26. The van der Waals surface area contributed by atoms with Gasteiger partial charge in [-0.25, -0.2) is 0 Å². The van der Waals surface area contributed by atoms with Crippen LogP contribution in [0, 0.1) is 0 Å². The molecule has 2 heterocycles. The summed E-state index contributed by atoms with van der Waals surface area (Å²) in [6, 6.07) is 52.1. The second-order valence-electron chi connectivity index (χ2n) is 15.0. The van der Waals surface area contributed by atoms with Gasteiger partial charge in [-0.05, 0) is 103 Å². The third-order valence-corrected chi connectivity index (χ3v) is 13.2. The predicted molar refractivity (Wildman–Crippen MR) is 232 cm³/mol. The molecule has 0 radical (unpaired) electrons. The van der Waals surface area contributed by atoms with Gasteiger partial charge in [0.1, 0.15) is 5.42 Å². The van der Waals surface area contributed by atoms with Crippen LogP contribution in [0.3, 0.4) is 0 Å². The maximum absolute atomic E-state index is 6.81. The van der Waals surface area contributed by atoms with E-state index in [9.17, 15) is 0 Å². The molecule has 0 amide bonds. The standard InChI is InChI=1S/C52H34OS/c1-2-13-32-28-36(25-24-31(32)12-1)48-39-18-5-3-16-37(39)47(38-17-4-6-19-40(38)48)35-15-11-14-33(29-35)34-26-27-45-44(30-34)49-41-20-7-8-21-42(41)50-43-22-9-10-23-46(43)54-52(50)51(49)53-45/h1,3-12,14-25,27-30,34H,2,13,26H2. The smallest absolute Gasteiger partial charge is 0.153 e. The van der Waals surface area contributed by atoms with Gasteiger partial charge in [-0.3, -0.25) is 0 Å². The Balaban J connectivity index is 1.05. The van der Waals surface area contributed by atoms with Crippen molar-refractivity contribution in [1.29, 1.82) is 0 Å². The second-order valence-corrected chi connectivity index (χ2v) is 16.0. The zero-order valence-corrected chi connectivity index (χ0v) is 30.4. The highest BCUT2D eigenvalue weighted by Gasteiger charge is 2.22. The molecule has 8 aromatic carbocycles. The van der Waals surface area contributed by atoms with E-state index in [0.29, 0.717) is 0 Å². The average molecular weight is 707 g/mol. The monoisotopic (exact) mass is 706 g/mol. The lowest BCUT2D eigenvalue weighted by atomic mass is 9.83. The summed E-state index contributed by atoms with van der Waals surface area (Å²) in [5, 5.41) is 12.8. The van der Waals surface area contributed by atoms with Gasteiger partial charge in [-0.2, -0.15) is 0 Å². The minimum Gasteiger partial charge on any atom is -0.455 e. The van der Waals surface area contributed by atoms with E-state index >= 15 is 0 Å². The Bertz CT molecular complexity index is 3310. The molecule has 1 nitrogen and oxygen atoms in total. The van der Waals surface area contributed by atoms with Gasteiger partial charge in [-0.1, -0.05) is 152 Å². The van der Waals surface area contributed by atoms with Crippen LogP contribution in [0.4, 0.5) is 0 Å². The van der Waals surface area contributed by atoms with Gasteiger partial charge < -0.3 is 4.42 Å². The molecule has 10 aromatic rings. The van der Waals surface area contributed by atoms with E-state index < -0.39 is 0 Å². The Morgan fingerprint density at radius 2 is 1.22 bits per heavy atom. The molecule has 0 spiro atoms. The molecule has 254 valence electrons. The molecule has 54 heavy (non-hydrogen) atoms. The van der Waals surface area contributed by atoms with Gasteiger partial charge in [0.2, 0.25) is 0 Å². The van der Waals surface area contributed by atoms with E-state index in [1.807, 2.05) is 11.3 Å². The van der Waals surface area contributed by atoms with E-state index in [4.69, 9.17) is 4.42 Å². The van der Waals surface area contributed by atoms with Crippen molar-refractivity contribution in [3.05, 3.63) is 173 Å². The van der Waals surface area contributed by atoms with Crippen molar-refractivity contribution in [2.75, 3.05) is 0 Å². The molecule has 12 rings (SSSR count). The highest BCUT2D eigenvalue weighted by Crippen LogP contribution is 2.46. The van der Waals surface area contributed by atoms with Gasteiger partial charge in [-0.15, -0.1) is 11.3 Å². The van der Waals surface area contributed by atoms with E-state index in [2.05, 4.69) is 164 Å². The minimum atomic E-state index is 0.233. The summed E-state index contributed by atoms with van der Waals surface area (Å²) < 4.78 is 9.36. The molecule has 2 aromatic heterocycles. The van der Waals surface area contributed by atoms with Crippen molar-refractivity contribution in [2.24, 2.45) is 0 Å². The number of thiophene rings is 1. The second kappa shape index (κ2) is 11.6. The summed E-state index contributed by atoms with van der Waals surface area (Å²) in [4.78, 5) is 0. The van der Waals surface area contributed by atoms with Gasteiger partial charge in [0, 0.05) is 32.0 Å². The molecule has 2 aliphatic carbocycles. The number of allylic oxidation sites excluding steroid dienone is 1. The molecule has 1 unspecified atom stereocenters. The van der Waals surface area contributed by atoms with Crippen LogP contribution in [-0.4, -0.2) is 0 Å². The third-order valence-electron chi connectivity index (χ3n) is 12.0. The van der Waals surface area contributed by atoms with Crippen molar-refractivity contribution in [2.45, 2.75) is 25.2 Å². The fourth-order valence-corrected chi connectivity index (χ4v) is 10.8. The summed E-state index contributed by atoms with van der Waals surface area (Å²) in [6.45, 7) is 0. The molecule has 0 aliphatic heterocycles. The number of hydrogen-bond acceptors (Lipinski definition) is 2. The maximum Gasteiger partial charge on any atom is 0.153 e. The molecular formula is C52H34OS. The molecule has 0 N–H and O–H groups in total. The zero-order chi connectivity index (χ0) is 35.3. The number of rotatable bonds is 3. The Kier molecular flexibility index (Phi) is 6.52. The van der Waals surface area contributed by atoms with Crippen molar-refractivity contribution in [1.82, 2.24) is 0 Å². The highest BCUT2D eigenvalue weighted by atomic mass is 32.1. The Morgan fingerprint density at radius 3 is 1.96 bits per heavy atom.